The third-order valence-corrected chi connectivity index (χ3v) is 5.34. The summed E-state index contributed by atoms with van der Waals surface area (Å²) >= 11 is 5.95. The summed E-state index contributed by atoms with van der Waals surface area (Å²) in [6, 6.07) is 13.6. The van der Waals surface area contributed by atoms with Gasteiger partial charge in [0.05, 0.1) is 20.8 Å². The topological polar surface area (TPSA) is 54.0 Å². The Morgan fingerprint density at radius 3 is 2.21 bits per heavy atom. The van der Waals surface area contributed by atoms with E-state index in [1.807, 2.05) is 30.3 Å². The van der Waals surface area contributed by atoms with E-state index in [0.29, 0.717) is 24.6 Å². The lowest BCUT2D eigenvalue weighted by Gasteiger charge is -2.34. The molecule has 1 N–H and O–H groups in total. The van der Waals surface area contributed by atoms with Crippen molar-refractivity contribution in [3.63, 3.8) is 0 Å². The van der Waals surface area contributed by atoms with Gasteiger partial charge in [0.15, 0.2) is 11.5 Å². The summed E-state index contributed by atoms with van der Waals surface area (Å²) < 4.78 is 10.5. The summed E-state index contributed by atoms with van der Waals surface area (Å²) in [7, 11) is 3.21. The van der Waals surface area contributed by atoms with Crippen molar-refractivity contribution in [2.45, 2.75) is 13.1 Å². The molecule has 156 valence electrons. The number of hydrogen-bond acceptors (Lipinski definition) is 5. The van der Waals surface area contributed by atoms with Crippen molar-refractivity contribution in [1.29, 1.82) is 0 Å². The van der Waals surface area contributed by atoms with Gasteiger partial charge in [0.1, 0.15) is 0 Å². The first-order chi connectivity index (χ1) is 14.1. The van der Waals surface area contributed by atoms with Crippen LogP contribution >= 0.6 is 11.6 Å². The van der Waals surface area contributed by atoms with Crippen LogP contribution < -0.4 is 14.8 Å². The summed E-state index contributed by atoms with van der Waals surface area (Å²) in [5.41, 5.74) is 2.24. The Morgan fingerprint density at radius 1 is 0.931 bits per heavy atom. The van der Waals surface area contributed by atoms with Gasteiger partial charge in [0.25, 0.3) is 0 Å². The van der Waals surface area contributed by atoms with Crippen molar-refractivity contribution in [3.05, 3.63) is 58.6 Å². The van der Waals surface area contributed by atoms with Gasteiger partial charge in [-0.2, -0.15) is 0 Å². The summed E-state index contributed by atoms with van der Waals surface area (Å²) in [6.07, 6.45) is 0. The van der Waals surface area contributed by atoms with E-state index in [0.717, 1.165) is 43.3 Å². The lowest BCUT2D eigenvalue weighted by molar-refractivity contribution is -0.122. The fraction of sp³-hybridized carbons (Fsp3) is 0.409. The van der Waals surface area contributed by atoms with E-state index in [4.69, 9.17) is 21.1 Å². The fourth-order valence-corrected chi connectivity index (χ4v) is 3.53. The van der Waals surface area contributed by atoms with Gasteiger partial charge in [-0.05, 0) is 35.4 Å². The Kier molecular flexibility index (Phi) is 7.75. The Morgan fingerprint density at radius 2 is 1.55 bits per heavy atom. The van der Waals surface area contributed by atoms with E-state index >= 15 is 0 Å². The minimum atomic E-state index is 0.0333. The Balaban J connectivity index is 1.40. The quantitative estimate of drug-likeness (QED) is 0.715. The highest BCUT2D eigenvalue weighted by atomic mass is 35.5. The fourth-order valence-electron chi connectivity index (χ4n) is 3.40. The molecule has 0 radical (unpaired) electrons. The maximum absolute atomic E-state index is 12.3. The number of carbonyl (C=O) groups is 1. The standard InChI is InChI=1S/C22H28ClN3O3/c1-28-20-8-5-18(13-21(20)29-2)14-24-22(27)16-26-11-9-25(10-12-26)15-17-3-6-19(23)7-4-17/h3-8,13H,9-12,14-16H2,1-2H3,(H,24,27). The van der Waals surface area contributed by atoms with Crippen LogP contribution in [-0.4, -0.2) is 62.7 Å². The number of nitrogens with zero attached hydrogens (tertiary/aromatic N) is 2. The van der Waals surface area contributed by atoms with Crippen LogP contribution in [0.1, 0.15) is 11.1 Å². The minimum Gasteiger partial charge on any atom is -0.493 e. The minimum absolute atomic E-state index is 0.0333. The van der Waals surface area contributed by atoms with Gasteiger partial charge in [0.2, 0.25) is 5.91 Å². The zero-order chi connectivity index (χ0) is 20.6. The molecule has 1 aliphatic heterocycles. The number of hydrogen-bond donors (Lipinski definition) is 1. The largest absolute Gasteiger partial charge is 0.493 e. The van der Waals surface area contributed by atoms with E-state index < -0.39 is 0 Å². The summed E-state index contributed by atoms with van der Waals surface area (Å²) in [5, 5.41) is 3.75. The van der Waals surface area contributed by atoms with E-state index in [-0.39, 0.29) is 5.91 Å². The van der Waals surface area contributed by atoms with Gasteiger partial charge in [-0.25, -0.2) is 0 Å². The average Bonchev–Trinajstić information content (AvgIpc) is 2.75. The predicted octanol–water partition coefficient (Wildman–Crippen LogP) is 2.79. The molecule has 0 aromatic heterocycles. The normalized spacial score (nSPS) is 15.1. The van der Waals surface area contributed by atoms with Gasteiger partial charge in [-0.15, -0.1) is 0 Å². The molecule has 0 aliphatic carbocycles. The second kappa shape index (κ2) is 10.5. The molecule has 29 heavy (non-hydrogen) atoms. The molecule has 1 amide bonds. The number of carbonyl (C=O) groups excluding carboxylic acids is 1. The number of piperazine rings is 1. The van der Waals surface area contributed by atoms with Gasteiger partial charge < -0.3 is 14.8 Å². The molecule has 2 aromatic carbocycles. The molecule has 0 saturated carbocycles. The highest BCUT2D eigenvalue weighted by molar-refractivity contribution is 6.30. The summed E-state index contributed by atoms with van der Waals surface area (Å²) in [4.78, 5) is 16.9. The third kappa shape index (κ3) is 6.35. The predicted molar refractivity (Wildman–Crippen MR) is 115 cm³/mol. The second-order valence-electron chi connectivity index (χ2n) is 7.14. The lowest BCUT2D eigenvalue weighted by Crippen LogP contribution is -2.49. The molecule has 2 aromatic rings. The van der Waals surface area contributed by atoms with Gasteiger partial charge >= 0.3 is 0 Å². The molecule has 0 unspecified atom stereocenters. The smallest absolute Gasteiger partial charge is 0.234 e. The highest BCUT2D eigenvalue weighted by Gasteiger charge is 2.19. The van der Waals surface area contributed by atoms with Crippen LogP contribution in [0.25, 0.3) is 0 Å². The number of nitrogens with one attached hydrogen (secondary N) is 1. The molecule has 1 heterocycles. The summed E-state index contributed by atoms with van der Waals surface area (Å²) in [5.74, 6) is 1.38. The Bertz CT molecular complexity index is 805. The van der Waals surface area contributed by atoms with E-state index in [9.17, 15) is 4.79 Å². The zero-order valence-corrected chi connectivity index (χ0v) is 17.7. The molecule has 1 saturated heterocycles. The summed E-state index contributed by atoms with van der Waals surface area (Å²) in [6.45, 7) is 5.47. The van der Waals surface area contributed by atoms with Crippen molar-refractivity contribution in [2.24, 2.45) is 0 Å². The molecule has 0 atom stereocenters. The van der Waals surface area contributed by atoms with E-state index in [2.05, 4.69) is 27.2 Å². The zero-order valence-electron chi connectivity index (χ0n) is 17.0. The van der Waals surface area contributed by atoms with Crippen molar-refractivity contribution in [2.75, 3.05) is 46.9 Å². The van der Waals surface area contributed by atoms with Crippen LogP contribution in [0.2, 0.25) is 5.02 Å². The Hall–Kier alpha value is -2.28. The van der Waals surface area contributed by atoms with Crippen molar-refractivity contribution in [1.82, 2.24) is 15.1 Å². The molecule has 0 bridgehead atoms. The van der Waals surface area contributed by atoms with Crippen molar-refractivity contribution >= 4 is 17.5 Å². The van der Waals surface area contributed by atoms with Crippen LogP contribution in [0, 0.1) is 0 Å². The SMILES string of the molecule is COc1ccc(CNC(=O)CN2CCN(Cc3ccc(Cl)cc3)CC2)cc1OC. The van der Waals surface area contributed by atoms with Crippen LogP contribution in [0.15, 0.2) is 42.5 Å². The maximum atomic E-state index is 12.3. The number of ether oxygens (including phenoxy) is 2. The molecular weight excluding hydrogens is 390 g/mol. The molecule has 7 heteroatoms. The number of methoxy groups -OCH3 is 2. The molecule has 1 fully saturated rings. The first-order valence-corrected chi connectivity index (χ1v) is 10.1. The average molecular weight is 418 g/mol. The molecule has 1 aliphatic rings. The van der Waals surface area contributed by atoms with Gasteiger partial charge in [0, 0.05) is 44.3 Å². The van der Waals surface area contributed by atoms with Crippen molar-refractivity contribution in [3.8, 4) is 11.5 Å². The van der Waals surface area contributed by atoms with Crippen LogP contribution in [0.5, 0.6) is 11.5 Å². The van der Waals surface area contributed by atoms with Crippen LogP contribution in [0.4, 0.5) is 0 Å². The monoisotopic (exact) mass is 417 g/mol. The van der Waals surface area contributed by atoms with E-state index in [1.54, 1.807) is 14.2 Å². The van der Waals surface area contributed by atoms with Crippen LogP contribution in [-0.2, 0) is 17.9 Å². The third-order valence-electron chi connectivity index (χ3n) is 5.09. The molecular formula is C22H28ClN3O3. The Labute approximate surface area is 177 Å². The van der Waals surface area contributed by atoms with Gasteiger partial charge in [-0.3, -0.25) is 14.6 Å². The molecule has 6 nitrogen and oxygen atoms in total. The number of benzene rings is 2. The second-order valence-corrected chi connectivity index (χ2v) is 7.58. The van der Waals surface area contributed by atoms with E-state index in [1.165, 1.54) is 5.56 Å². The first kappa shape index (κ1) is 21.4. The first-order valence-electron chi connectivity index (χ1n) is 9.74. The highest BCUT2D eigenvalue weighted by Crippen LogP contribution is 2.27. The molecule has 3 rings (SSSR count). The number of rotatable bonds is 8. The number of halogens is 1. The van der Waals surface area contributed by atoms with Crippen molar-refractivity contribution < 1.29 is 14.3 Å². The maximum Gasteiger partial charge on any atom is 0.234 e. The molecule has 0 spiro atoms. The number of amides is 1. The lowest BCUT2D eigenvalue weighted by atomic mass is 10.2. The van der Waals surface area contributed by atoms with Crippen LogP contribution in [0.3, 0.4) is 0 Å². The van der Waals surface area contributed by atoms with Gasteiger partial charge in [-0.1, -0.05) is 29.8 Å².